The summed E-state index contributed by atoms with van der Waals surface area (Å²) in [5.74, 6) is 0.815. The van der Waals surface area contributed by atoms with E-state index in [1.807, 2.05) is 35.2 Å². The first-order valence-corrected chi connectivity index (χ1v) is 9.68. The average Bonchev–Trinajstić information content (AvgIpc) is 3.17. The van der Waals surface area contributed by atoms with E-state index in [2.05, 4.69) is 26.9 Å². The van der Waals surface area contributed by atoms with E-state index in [-0.39, 0.29) is 12.5 Å². The maximum Gasteiger partial charge on any atom is 0.253 e. The van der Waals surface area contributed by atoms with Crippen molar-refractivity contribution in [3.05, 3.63) is 47.7 Å². The van der Waals surface area contributed by atoms with Crippen LogP contribution in [0.5, 0.6) is 0 Å². The summed E-state index contributed by atoms with van der Waals surface area (Å²) < 4.78 is 0. The van der Waals surface area contributed by atoms with Gasteiger partial charge in [0.25, 0.3) is 5.91 Å². The number of benzene rings is 1. The molecule has 1 saturated heterocycles. The first-order chi connectivity index (χ1) is 13.7. The van der Waals surface area contributed by atoms with Crippen LogP contribution in [0, 0.1) is 0 Å². The van der Waals surface area contributed by atoms with E-state index in [4.69, 9.17) is 5.11 Å². The van der Waals surface area contributed by atoms with Gasteiger partial charge in [-0.1, -0.05) is 12.1 Å². The van der Waals surface area contributed by atoms with E-state index in [9.17, 15) is 4.79 Å². The number of imidazole rings is 1. The highest BCUT2D eigenvalue weighted by Gasteiger charge is 2.20. The molecule has 4 rings (SSSR count). The molecule has 2 N–H and O–H groups in total. The Bertz CT molecular complexity index is 959. The summed E-state index contributed by atoms with van der Waals surface area (Å²) in [6.45, 7) is 3.52. The quantitative estimate of drug-likeness (QED) is 0.708. The van der Waals surface area contributed by atoms with Gasteiger partial charge in [-0.25, -0.2) is 9.97 Å². The number of hydrogen-bond acceptors (Lipinski definition) is 5. The van der Waals surface area contributed by atoms with Gasteiger partial charge in [0.1, 0.15) is 5.82 Å². The molecule has 7 nitrogen and oxygen atoms in total. The molecule has 0 spiro atoms. The van der Waals surface area contributed by atoms with Crippen molar-refractivity contribution in [1.29, 1.82) is 0 Å². The first-order valence-electron chi connectivity index (χ1n) is 9.68. The molecule has 1 aliphatic heterocycles. The van der Waals surface area contributed by atoms with E-state index >= 15 is 0 Å². The molecule has 1 fully saturated rings. The number of aromatic nitrogens is 3. The highest BCUT2D eigenvalue weighted by atomic mass is 16.2. The number of aliphatic hydroxyl groups is 1. The predicted octanol–water partition coefficient (Wildman–Crippen LogP) is 1.94. The Kier molecular flexibility index (Phi) is 5.36. The van der Waals surface area contributed by atoms with Crippen LogP contribution in [0.3, 0.4) is 0 Å². The van der Waals surface area contributed by atoms with Gasteiger partial charge in [0, 0.05) is 50.1 Å². The summed E-state index contributed by atoms with van der Waals surface area (Å²) in [5, 5.41) is 9.09. The van der Waals surface area contributed by atoms with Crippen molar-refractivity contribution in [3.8, 4) is 11.4 Å². The molecule has 28 heavy (non-hydrogen) atoms. The molecule has 0 radical (unpaired) electrons. The standard InChI is InChI=1S/C21H25N5O2/c1-25-10-12-26(13-11-25)21(28)17-6-4-16(5-7-17)19-23-18-15(3-2-14-27)8-9-22-20(18)24-19/h4-9,27H,2-3,10-14H2,1H3,(H,22,23,24). The molecule has 1 aliphatic rings. The van der Waals surface area contributed by atoms with Gasteiger partial charge in [-0.05, 0) is 43.7 Å². The van der Waals surface area contributed by atoms with Crippen LogP contribution in [-0.4, -0.2) is 75.6 Å². The number of likely N-dealkylation sites (N-methyl/N-ethyl adjacent to an activating group) is 1. The smallest absolute Gasteiger partial charge is 0.253 e. The number of nitrogens with one attached hydrogen (secondary N) is 1. The van der Waals surface area contributed by atoms with Crippen molar-refractivity contribution in [2.45, 2.75) is 12.8 Å². The molecule has 0 bridgehead atoms. The molecule has 3 heterocycles. The van der Waals surface area contributed by atoms with Crippen molar-refractivity contribution in [1.82, 2.24) is 24.8 Å². The molecule has 7 heteroatoms. The molecule has 2 aromatic heterocycles. The van der Waals surface area contributed by atoms with Gasteiger partial charge >= 0.3 is 0 Å². The molecule has 0 saturated carbocycles. The van der Waals surface area contributed by atoms with Crippen LogP contribution in [0.1, 0.15) is 22.3 Å². The van der Waals surface area contributed by atoms with Crippen molar-refractivity contribution < 1.29 is 9.90 Å². The number of fused-ring (bicyclic) bond motifs is 1. The zero-order chi connectivity index (χ0) is 19.5. The Morgan fingerprint density at radius 1 is 1.14 bits per heavy atom. The Labute approximate surface area is 164 Å². The first kappa shape index (κ1) is 18.6. The second kappa shape index (κ2) is 8.08. The van der Waals surface area contributed by atoms with E-state index < -0.39 is 0 Å². The van der Waals surface area contributed by atoms with Gasteiger partial charge in [0.2, 0.25) is 0 Å². The van der Waals surface area contributed by atoms with Crippen LogP contribution in [0.4, 0.5) is 0 Å². The normalized spacial score (nSPS) is 15.3. The largest absolute Gasteiger partial charge is 0.396 e. The predicted molar refractivity (Wildman–Crippen MR) is 108 cm³/mol. The number of rotatable bonds is 5. The number of carbonyl (C=O) groups excluding carboxylic acids is 1. The number of carbonyl (C=O) groups is 1. The lowest BCUT2D eigenvalue weighted by molar-refractivity contribution is 0.0664. The number of aliphatic hydroxyl groups excluding tert-OH is 1. The summed E-state index contributed by atoms with van der Waals surface area (Å²) in [7, 11) is 2.08. The second-order valence-electron chi connectivity index (χ2n) is 7.25. The summed E-state index contributed by atoms with van der Waals surface area (Å²) in [4.78, 5) is 29.1. The fourth-order valence-electron chi connectivity index (χ4n) is 3.54. The van der Waals surface area contributed by atoms with E-state index in [0.717, 1.165) is 55.1 Å². The second-order valence-corrected chi connectivity index (χ2v) is 7.25. The van der Waals surface area contributed by atoms with Gasteiger partial charge in [0.05, 0.1) is 5.52 Å². The van der Waals surface area contributed by atoms with E-state index in [0.29, 0.717) is 17.6 Å². The van der Waals surface area contributed by atoms with Crippen LogP contribution in [-0.2, 0) is 6.42 Å². The summed E-state index contributed by atoms with van der Waals surface area (Å²) in [6.07, 6.45) is 3.23. The highest BCUT2D eigenvalue weighted by Crippen LogP contribution is 2.23. The summed E-state index contributed by atoms with van der Waals surface area (Å²) in [5.41, 5.74) is 4.29. The summed E-state index contributed by atoms with van der Waals surface area (Å²) in [6, 6.07) is 9.53. The number of H-pyrrole nitrogens is 1. The van der Waals surface area contributed by atoms with Crippen LogP contribution < -0.4 is 0 Å². The number of piperazine rings is 1. The lowest BCUT2D eigenvalue weighted by atomic mass is 10.1. The Balaban J connectivity index is 1.54. The van der Waals surface area contributed by atoms with Gasteiger partial charge in [-0.15, -0.1) is 0 Å². The third kappa shape index (κ3) is 3.76. The monoisotopic (exact) mass is 379 g/mol. The van der Waals surface area contributed by atoms with Crippen molar-refractivity contribution in [2.24, 2.45) is 0 Å². The maximum absolute atomic E-state index is 12.7. The third-order valence-electron chi connectivity index (χ3n) is 5.28. The highest BCUT2D eigenvalue weighted by molar-refractivity contribution is 5.94. The van der Waals surface area contributed by atoms with E-state index in [1.54, 1.807) is 6.20 Å². The molecular formula is C21H25N5O2. The minimum Gasteiger partial charge on any atom is -0.396 e. The SMILES string of the molecule is CN1CCN(C(=O)c2ccc(-c3nc4nccc(CCCO)c4[nH]3)cc2)CC1. The Hall–Kier alpha value is -2.77. The average molecular weight is 379 g/mol. The lowest BCUT2D eigenvalue weighted by Gasteiger charge is -2.32. The van der Waals surface area contributed by atoms with Gasteiger partial charge in [-0.2, -0.15) is 0 Å². The van der Waals surface area contributed by atoms with Gasteiger partial charge < -0.3 is 19.9 Å². The van der Waals surface area contributed by atoms with Crippen LogP contribution in [0.15, 0.2) is 36.5 Å². The number of aryl methyl sites for hydroxylation is 1. The van der Waals surface area contributed by atoms with Gasteiger partial charge in [-0.3, -0.25) is 4.79 Å². The maximum atomic E-state index is 12.7. The number of aromatic amines is 1. The number of pyridine rings is 1. The third-order valence-corrected chi connectivity index (χ3v) is 5.28. The fourth-order valence-corrected chi connectivity index (χ4v) is 3.54. The van der Waals surface area contributed by atoms with Crippen LogP contribution >= 0.6 is 0 Å². The molecule has 3 aromatic rings. The molecular weight excluding hydrogens is 354 g/mol. The molecule has 1 amide bonds. The molecule has 0 unspecified atom stereocenters. The minimum atomic E-state index is 0.0808. The fraction of sp³-hybridized carbons (Fsp3) is 0.381. The molecule has 0 atom stereocenters. The number of nitrogens with zero attached hydrogens (tertiary/aromatic N) is 4. The van der Waals surface area contributed by atoms with E-state index in [1.165, 1.54) is 0 Å². The topological polar surface area (TPSA) is 85.3 Å². The van der Waals surface area contributed by atoms with Crippen molar-refractivity contribution in [3.63, 3.8) is 0 Å². The molecule has 146 valence electrons. The van der Waals surface area contributed by atoms with Crippen LogP contribution in [0.25, 0.3) is 22.6 Å². The lowest BCUT2D eigenvalue weighted by Crippen LogP contribution is -2.47. The Morgan fingerprint density at radius 3 is 2.61 bits per heavy atom. The van der Waals surface area contributed by atoms with Gasteiger partial charge in [0.15, 0.2) is 5.65 Å². The molecule has 1 aromatic carbocycles. The Morgan fingerprint density at radius 2 is 1.89 bits per heavy atom. The molecule has 0 aliphatic carbocycles. The van der Waals surface area contributed by atoms with Crippen molar-refractivity contribution in [2.75, 3.05) is 39.8 Å². The van der Waals surface area contributed by atoms with Crippen molar-refractivity contribution >= 4 is 17.1 Å². The zero-order valence-electron chi connectivity index (χ0n) is 16.1. The minimum absolute atomic E-state index is 0.0808. The number of hydrogen-bond donors (Lipinski definition) is 2. The van der Waals surface area contributed by atoms with Crippen LogP contribution in [0.2, 0.25) is 0 Å². The zero-order valence-corrected chi connectivity index (χ0v) is 16.1. The number of amides is 1. The summed E-state index contributed by atoms with van der Waals surface area (Å²) >= 11 is 0.